The first-order valence-corrected chi connectivity index (χ1v) is 6.42. The number of hydrogen-bond acceptors (Lipinski definition) is 2. The highest BCUT2D eigenvalue weighted by atomic mass is 16.5. The molecule has 0 aromatic rings. The van der Waals surface area contributed by atoms with E-state index in [1.807, 2.05) is 6.92 Å². The van der Waals surface area contributed by atoms with Gasteiger partial charge in [0.05, 0.1) is 0 Å². The van der Waals surface area contributed by atoms with Crippen molar-refractivity contribution in [1.29, 1.82) is 0 Å². The van der Waals surface area contributed by atoms with Crippen molar-refractivity contribution in [2.45, 2.75) is 47.5 Å². The summed E-state index contributed by atoms with van der Waals surface area (Å²) in [5, 5.41) is 0. The summed E-state index contributed by atoms with van der Waals surface area (Å²) in [5.41, 5.74) is 4.08. The second-order valence-corrected chi connectivity index (χ2v) is 5.40. The summed E-state index contributed by atoms with van der Waals surface area (Å²) in [6.45, 7) is 10.7. The van der Waals surface area contributed by atoms with Gasteiger partial charge < -0.3 is 4.74 Å². The molecule has 17 heavy (non-hydrogen) atoms. The molecule has 0 radical (unpaired) electrons. The lowest BCUT2D eigenvalue weighted by molar-refractivity contribution is -0.139. The second kappa shape index (κ2) is 6.04. The molecule has 0 amide bonds. The summed E-state index contributed by atoms with van der Waals surface area (Å²) >= 11 is 0. The van der Waals surface area contributed by atoms with Crippen molar-refractivity contribution in [3.63, 3.8) is 0 Å². The molecule has 96 valence electrons. The summed E-state index contributed by atoms with van der Waals surface area (Å²) in [4.78, 5) is 10.8. The molecular formula is C15H24O2. The van der Waals surface area contributed by atoms with Crippen molar-refractivity contribution in [2.24, 2.45) is 11.8 Å². The average Bonchev–Trinajstić information content (AvgIpc) is 2.58. The van der Waals surface area contributed by atoms with Gasteiger partial charge in [-0.25, -0.2) is 0 Å². The summed E-state index contributed by atoms with van der Waals surface area (Å²) in [6.07, 6.45) is 4.68. The Morgan fingerprint density at radius 1 is 1.47 bits per heavy atom. The van der Waals surface area contributed by atoms with Crippen LogP contribution >= 0.6 is 0 Å². The molecule has 1 atom stereocenters. The molecule has 0 aliphatic heterocycles. The van der Waals surface area contributed by atoms with Crippen LogP contribution in [0.15, 0.2) is 22.8 Å². The molecule has 0 fully saturated rings. The minimum atomic E-state index is -0.213. The van der Waals surface area contributed by atoms with Gasteiger partial charge in [0, 0.05) is 6.92 Å². The van der Waals surface area contributed by atoms with E-state index in [2.05, 4.69) is 26.8 Å². The Bertz CT molecular complexity index is 348. The first kappa shape index (κ1) is 14.0. The van der Waals surface area contributed by atoms with Crippen LogP contribution in [0.1, 0.15) is 47.5 Å². The molecule has 1 rings (SSSR count). The number of rotatable bonds is 4. The van der Waals surface area contributed by atoms with Gasteiger partial charge in [0.15, 0.2) is 0 Å². The molecule has 0 bridgehead atoms. The minimum Gasteiger partial charge on any atom is -0.461 e. The van der Waals surface area contributed by atoms with Crippen LogP contribution in [0.3, 0.4) is 0 Å². The maximum absolute atomic E-state index is 10.8. The van der Waals surface area contributed by atoms with Crippen LogP contribution in [0.4, 0.5) is 0 Å². The molecule has 1 unspecified atom stereocenters. The smallest absolute Gasteiger partial charge is 0.302 e. The summed E-state index contributed by atoms with van der Waals surface area (Å²) < 4.78 is 5.02. The van der Waals surface area contributed by atoms with Crippen molar-refractivity contribution in [3.05, 3.63) is 22.8 Å². The third kappa shape index (κ3) is 4.03. The van der Waals surface area contributed by atoms with Crippen LogP contribution in [-0.2, 0) is 9.53 Å². The number of esters is 1. The zero-order chi connectivity index (χ0) is 13.0. The Kier molecular flexibility index (Phi) is 4.98. The Balaban J connectivity index is 2.73. The molecule has 0 aromatic carbocycles. The molecule has 0 N–H and O–H groups in total. The second-order valence-electron chi connectivity index (χ2n) is 5.40. The Hall–Kier alpha value is -1.05. The number of ether oxygens (including phenoxy) is 1. The fraction of sp³-hybridized carbons (Fsp3) is 0.667. The summed E-state index contributed by atoms with van der Waals surface area (Å²) in [7, 11) is 0. The van der Waals surface area contributed by atoms with Crippen LogP contribution in [0.2, 0.25) is 0 Å². The first-order valence-electron chi connectivity index (χ1n) is 6.42. The predicted molar refractivity (Wildman–Crippen MR) is 70.7 cm³/mol. The van der Waals surface area contributed by atoms with Crippen LogP contribution < -0.4 is 0 Å². The fourth-order valence-corrected chi connectivity index (χ4v) is 2.43. The zero-order valence-corrected chi connectivity index (χ0v) is 11.7. The van der Waals surface area contributed by atoms with Crippen LogP contribution in [0.25, 0.3) is 0 Å². The molecule has 1 aliphatic carbocycles. The van der Waals surface area contributed by atoms with Gasteiger partial charge in [-0.1, -0.05) is 25.5 Å². The molecule has 2 nitrogen and oxygen atoms in total. The number of carbonyl (C=O) groups excluding carboxylic acids is 1. The van der Waals surface area contributed by atoms with E-state index >= 15 is 0 Å². The first-order chi connectivity index (χ1) is 7.91. The molecular weight excluding hydrogens is 212 g/mol. The molecule has 2 heteroatoms. The molecule has 0 heterocycles. The normalized spacial score (nSPS) is 21.3. The maximum atomic E-state index is 10.8. The fourth-order valence-electron chi connectivity index (χ4n) is 2.43. The lowest BCUT2D eigenvalue weighted by Crippen LogP contribution is -2.08. The van der Waals surface area contributed by atoms with Crippen LogP contribution in [-0.4, -0.2) is 12.6 Å². The average molecular weight is 236 g/mol. The number of allylic oxidation sites excluding steroid dienone is 3. The van der Waals surface area contributed by atoms with Crippen molar-refractivity contribution in [3.8, 4) is 0 Å². The lowest BCUT2D eigenvalue weighted by atomic mass is 9.88. The molecule has 0 spiro atoms. The third-order valence-corrected chi connectivity index (χ3v) is 3.43. The van der Waals surface area contributed by atoms with Crippen molar-refractivity contribution < 1.29 is 9.53 Å². The van der Waals surface area contributed by atoms with Gasteiger partial charge in [-0.3, -0.25) is 4.79 Å². The minimum absolute atomic E-state index is 0.213. The monoisotopic (exact) mass is 236 g/mol. The molecule has 0 saturated heterocycles. The van der Waals surface area contributed by atoms with Gasteiger partial charge in [0.25, 0.3) is 0 Å². The predicted octanol–water partition coefficient (Wildman–Crippen LogP) is 3.88. The quantitative estimate of drug-likeness (QED) is 0.692. The topological polar surface area (TPSA) is 26.3 Å². The maximum Gasteiger partial charge on any atom is 0.302 e. The molecule has 0 saturated carbocycles. The largest absolute Gasteiger partial charge is 0.461 e. The Morgan fingerprint density at radius 3 is 2.65 bits per heavy atom. The SMILES string of the molecule is CC(=O)OCC(C)=CC1=C(C)CCC1C(C)C. The molecule has 0 aromatic heterocycles. The van der Waals surface area contributed by atoms with Gasteiger partial charge in [-0.05, 0) is 49.7 Å². The Morgan fingerprint density at radius 2 is 2.12 bits per heavy atom. The van der Waals surface area contributed by atoms with Crippen molar-refractivity contribution in [1.82, 2.24) is 0 Å². The van der Waals surface area contributed by atoms with Gasteiger partial charge in [-0.2, -0.15) is 0 Å². The lowest BCUT2D eigenvalue weighted by Gasteiger charge is -2.17. The summed E-state index contributed by atoms with van der Waals surface area (Å²) in [5.74, 6) is 1.14. The van der Waals surface area contributed by atoms with Gasteiger partial charge in [-0.15, -0.1) is 0 Å². The highest BCUT2D eigenvalue weighted by Crippen LogP contribution is 2.37. The summed E-state index contributed by atoms with van der Waals surface area (Å²) in [6, 6.07) is 0. The van der Waals surface area contributed by atoms with E-state index in [4.69, 9.17) is 4.74 Å². The van der Waals surface area contributed by atoms with Crippen LogP contribution in [0, 0.1) is 11.8 Å². The standard InChI is InChI=1S/C15H24O2/c1-10(2)14-7-6-12(4)15(14)8-11(3)9-17-13(5)16/h8,10,14H,6-7,9H2,1-5H3. The van der Waals surface area contributed by atoms with Crippen molar-refractivity contribution >= 4 is 5.97 Å². The van der Waals surface area contributed by atoms with Gasteiger partial charge in [0.2, 0.25) is 0 Å². The number of carbonyl (C=O) groups is 1. The van der Waals surface area contributed by atoms with E-state index in [9.17, 15) is 4.79 Å². The van der Waals surface area contributed by atoms with Crippen molar-refractivity contribution in [2.75, 3.05) is 6.61 Å². The van der Waals surface area contributed by atoms with Crippen LogP contribution in [0.5, 0.6) is 0 Å². The molecule has 1 aliphatic rings. The third-order valence-electron chi connectivity index (χ3n) is 3.43. The Labute approximate surface area is 105 Å². The van der Waals surface area contributed by atoms with Gasteiger partial charge in [0.1, 0.15) is 6.61 Å². The van der Waals surface area contributed by atoms with E-state index in [1.165, 1.54) is 30.9 Å². The highest BCUT2D eigenvalue weighted by Gasteiger charge is 2.24. The zero-order valence-electron chi connectivity index (χ0n) is 11.7. The highest BCUT2D eigenvalue weighted by molar-refractivity contribution is 5.66. The van der Waals surface area contributed by atoms with E-state index in [1.54, 1.807) is 0 Å². The van der Waals surface area contributed by atoms with E-state index in [-0.39, 0.29) is 5.97 Å². The number of hydrogen-bond donors (Lipinski definition) is 0. The van der Waals surface area contributed by atoms with E-state index in [0.717, 1.165) is 5.57 Å². The van der Waals surface area contributed by atoms with E-state index < -0.39 is 0 Å². The van der Waals surface area contributed by atoms with Gasteiger partial charge >= 0.3 is 5.97 Å². The van der Waals surface area contributed by atoms with E-state index in [0.29, 0.717) is 18.4 Å².